The summed E-state index contributed by atoms with van der Waals surface area (Å²) in [4.78, 5) is 14.1. The van der Waals surface area contributed by atoms with Gasteiger partial charge in [0.1, 0.15) is 6.17 Å². The first-order chi connectivity index (χ1) is 9.56. The molecule has 0 spiro atoms. The summed E-state index contributed by atoms with van der Waals surface area (Å²) in [5.41, 5.74) is 2.55. The van der Waals surface area contributed by atoms with Gasteiger partial charge in [0.2, 0.25) is 5.91 Å². The molecule has 3 atom stereocenters. The van der Waals surface area contributed by atoms with Crippen LogP contribution in [-0.2, 0) is 4.79 Å². The number of nitrogens with zero attached hydrogens (tertiary/aromatic N) is 1. The molecule has 1 saturated heterocycles. The van der Waals surface area contributed by atoms with Crippen molar-refractivity contribution in [2.24, 2.45) is 11.8 Å². The van der Waals surface area contributed by atoms with Crippen molar-refractivity contribution in [1.82, 2.24) is 10.2 Å². The average molecular weight is 272 g/mol. The lowest BCUT2D eigenvalue weighted by Crippen LogP contribution is -2.32. The van der Waals surface area contributed by atoms with E-state index >= 15 is 0 Å². The van der Waals surface area contributed by atoms with Crippen LogP contribution >= 0.6 is 0 Å². The highest BCUT2D eigenvalue weighted by molar-refractivity contribution is 5.81. The second kappa shape index (κ2) is 5.21. The maximum atomic E-state index is 12.1. The number of benzene rings is 1. The third kappa shape index (κ3) is 2.59. The number of hydrogen-bond donors (Lipinski definition) is 1. The maximum Gasteiger partial charge on any atom is 0.238 e. The van der Waals surface area contributed by atoms with Crippen LogP contribution in [0.4, 0.5) is 0 Å². The van der Waals surface area contributed by atoms with Gasteiger partial charge in [-0.3, -0.25) is 10.1 Å². The summed E-state index contributed by atoms with van der Waals surface area (Å²) in [6.45, 7) is 8.05. The number of rotatable bonds is 4. The zero-order chi connectivity index (χ0) is 14.3. The van der Waals surface area contributed by atoms with Gasteiger partial charge in [-0.1, -0.05) is 45.0 Å². The van der Waals surface area contributed by atoms with E-state index in [4.69, 9.17) is 0 Å². The zero-order valence-electron chi connectivity index (χ0n) is 12.6. The third-order valence-electron chi connectivity index (χ3n) is 4.70. The Kier molecular flexibility index (Phi) is 3.55. The Hall–Kier alpha value is -1.35. The molecule has 0 aromatic heterocycles. The molecule has 1 N–H and O–H groups in total. The Balaban J connectivity index is 1.75. The van der Waals surface area contributed by atoms with E-state index in [-0.39, 0.29) is 12.1 Å². The minimum atomic E-state index is 0.0662. The number of amides is 1. The van der Waals surface area contributed by atoms with Crippen molar-refractivity contribution in [2.75, 3.05) is 13.1 Å². The van der Waals surface area contributed by atoms with Gasteiger partial charge in [-0.15, -0.1) is 0 Å². The van der Waals surface area contributed by atoms with Gasteiger partial charge in [0, 0.05) is 6.54 Å². The molecule has 3 rings (SSSR count). The van der Waals surface area contributed by atoms with Crippen LogP contribution < -0.4 is 5.32 Å². The molecule has 2 aliphatic rings. The van der Waals surface area contributed by atoms with E-state index in [0.717, 1.165) is 12.5 Å². The predicted octanol–water partition coefficient (Wildman–Crippen LogP) is 2.90. The number of nitrogens with one attached hydrogen (secondary N) is 1. The first-order valence-electron chi connectivity index (χ1n) is 7.69. The molecule has 1 aliphatic heterocycles. The Bertz CT molecular complexity index is 494. The highest BCUT2D eigenvalue weighted by atomic mass is 16.2. The standard InChI is InChI=1S/C17H24N2O/c1-11(2)13-4-6-14(7-5-13)17-18-9-16(20)19(17)10-15-8-12(15)3/h4-7,11-12,15,17-18H,8-10H2,1-3H3. The van der Waals surface area contributed by atoms with Crippen LogP contribution in [0.5, 0.6) is 0 Å². The van der Waals surface area contributed by atoms with Gasteiger partial charge < -0.3 is 4.90 Å². The molecule has 1 saturated carbocycles. The number of hydrogen-bond acceptors (Lipinski definition) is 2. The summed E-state index contributed by atoms with van der Waals surface area (Å²) >= 11 is 0. The number of carbonyl (C=O) groups is 1. The molecule has 2 fully saturated rings. The fourth-order valence-electron chi connectivity index (χ4n) is 3.01. The normalized spacial score (nSPS) is 29.3. The van der Waals surface area contributed by atoms with Crippen LogP contribution in [0, 0.1) is 11.8 Å². The van der Waals surface area contributed by atoms with Gasteiger partial charge in [-0.05, 0) is 35.3 Å². The summed E-state index contributed by atoms with van der Waals surface area (Å²) in [6, 6.07) is 8.69. The zero-order valence-corrected chi connectivity index (χ0v) is 12.6. The van der Waals surface area contributed by atoms with E-state index in [2.05, 4.69) is 50.4 Å². The molecule has 1 aromatic carbocycles. The monoisotopic (exact) mass is 272 g/mol. The van der Waals surface area contributed by atoms with Crippen molar-refractivity contribution in [3.05, 3.63) is 35.4 Å². The van der Waals surface area contributed by atoms with Crippen molar-refractivity contribution in [3.63, 3.8) is 0 Å². The Labute approximate surface area is 121 Å². The minimum Gasteiger partial charge on any atom is -0.322 e. The van der Waals surface area contributed by atoms with E-state index in [9.17, 15) is 4.79 Å². The van der Waals surface area contributed by atoms with E-state index < -0.39 is 0 Å². The Morgan fingerprint density at radius 3 is 2.50 bits per heavy atom. The van der Waals surface area contributed by atoms with Gasteiger partial charge in [-0.2, -0.15) is 0 Å². The lowest BCUT2D eigenvalue weighted by atomic mass is 10.0. The van der Waals surface area contributed by atoms with Crippen LogP contribution in [0.25, 0.3) is 0 Å². The average Bonchev–Trinajstić information content (AvgIpc) is 3.00. The SMILES string of the molecule is CC(C)c1ccc(C2NCC(=O)N2CC2CC2C)cc1. The quantitative estimate of drug-likeness (QED) is 0.914. The van der Waals surface area contributed by atoms with Crippen molar-refractivity contribution in [1.29, 1.82) is 0 Å². The molecule has 3 unspecified atom stereocenters. The van der Waals surface area contributed by atoms with Crippen LogP contribution in [0.3, 0.4) is 0 Å². The molecule has 0 bridgehead atoms. The van der Waals surface area contributed by atoms with Crippen molar-refractivity contribution < 1.29 is 4.79 Å². The highest BCUT2D eigenvalue weighted by Crippen LogP contribution is 2.40. The lowest BCUT2D eigenvalue weighted by Gasteiger charge is -2.25. The van der Waals surface area contributed by atoms with Crippen molar-refractivity contribution in [2.45, 2.75) is 39.3 Å². The molecule has 3 nitrogen and oxygen atoms in total. The predicted molar refractivity (Wildman–Crippen MR) is 80.3 cm³/mol. The second-order valence-corrected chi connectivity index (χ2v) is 6.62. The lowest BCUT2D eigenvalue weighted by molar-refractivity contribution is -0.128. The fraction of sp³-hybridized carbons (Fsp3) is 0.588. The first kappa shape index (κ1) is 13.6. The van der Waals surface area contributed by atoms with Gasteiger partial charge in [-0.25, -0.2) is 0 Å². The Morgan fingerprint density at radius 1 is 1.30 bits per heavy atom. The topological polar surface area (TPSA) is 32.3 Å². The van der Waals surface area contributed by atoms with Crippen molar-refractivity contribution in [3.8, 4) is 0 Å². The summed E-state index contributed by atoms with van der Waals surface area (Å²) in [6.07, 6.45) is 1.33. The molecule has 1 heterocycles. The maximum absolute atomic E-state index is 12.1. The van der Waals surface area contributed by atoms with E-state index in [1.54, 1.807) is 0 Å². The molecule has 1 amide bonds. The minimum absolute atomic E-state index is 0.0662. The van der Waals surface area contributed by atoms with Crippen LogP contribution in [0.1, 0.15) is 50.4 Å². The summed E-state index contributed by atoms with van der Waals surface area (Å²) < 4.78 is 0. The molecule has 20 heavy (non-hydrogen) atoms. The van der Waals surface area contributed by atoms with Gasteiger partial charge >= 0.3 is 0 Å². The van der Waals surface area contributed by atoms with Crippen LogP contribution in [-0.4, -0.2) is 23.9 Å². The van der Waals surface area contributed by atoms with Gasteiger partial charge in [0.15, 0.2) is 0 Å². The first-order valence-corrected chi connectivity index (χ1v) is 7.69. The largest absolute Gasteiger partial charge is 0.322 e. The summed E-state index contributed by atoms with van der Waals surface area (Å²) in [5, 5.41) is 3.35. The molecule has 1 aliphatic carbocycles. The van der Waals surface area contributed by atoms with Gasteiger partial charge in [0.25, 0.3) is 0 Å². The van der Waals surface area contributed by atoms with E-state index in [0.29, 0.717) is 18.4 Å². The molecule has 108 valence electrons. The molecular formula is C17H24N2O. The van der Waals surface area contributed by atoms with Crippen LogP contribution in [0.15, 0.2) is 24.3 Å². The van der Waals surface area contributed by atoms with Gasteiger partial charge in [0.05, 0.1) is 6.54 Å². The molecular weight excluding hydrogens is 248 g/mol. The van der Waals surface area contributed by atoms with E-state index in [1.807, 2.05) is 4.90 Å². The number of carbonyl (C=O) groups excluding carboxylic acids is 1. The van der Waals surface area contributed by atoms with E-state index in [1.165, 1.54) is 17.5 Å². The summed E-state index contributed by atoms with van der Waals surface area (Å²) in [5.74, 6) is 2.27. The smallest absolute Gasteiger partial charge is 0.238 e. The highest BCUT2D eigenvalue weighted by Gasteiger charge is 2.39. The molecule has 0 radical (unpaired) electrons. The Morgan fingerprint density at radius 2 is 1.95 bits per heavy atom. The van der Waals surface area contributed by atoms with Crippen molar-refractivity contribution >= 4 is 5.91 Å². The second-order valence-electron chi connectivity index (χ2n) is 6.62. The molecule has 1 aromatic rings. The van der Waals surface area contributed by atoms with Crippen LogP contribution in [0.2, 0.25) is 0 Å². The summed E-state index contributed by atoms with van der Waals surface area (Å²) in [7, 11) is 0. The third-order valence-corrected chi connectivity index (χ3v) is 4.70. The molecule has 3 heteroatoms. The fourth-order valence-corrected chi connectivity index (χ4v) is 3.01.